The van der Waals surface area contributed by atoms with Gasteiger partial charge < -0.3 is 0 Å². The molecule has 1 saturated carbocycles. The molecule has 0 amide bonds. The van der Waals surface area contributed by atoms with Gasteiger partial charge in [0.2, 0.25) is 5.28 Å². The van der Waals surface area contributed by atoms with Gasteiger partial charge in [-0.3, -0.25) is 4.57 Å². The van der Waals surface area contributed by atoms with Crippen LogP contribution in [-0.2, 0) is 6.42 Å². The Labute approximate surface area is 102 Å². The van der Waals surface area contributed by atoms with Crippen LogP contribution in [0.15, 0.2) is 0 Å². The highest BCUT2D eigenvalue weighted by Crippen LogP contribution is 2.43. The van der Waals surface area contributed by atoms with Gasteiger partial charge in [0.15, 0.2) is 0 Å². The molecule has 3 nitrogen and oxygen atoms in total. The standard InChI is InChI=1S/C12H20ClN3/c1-4-9-6-7-10(8(9)3)16-11(5-2)14-15-12(16)13/h8-10H,4-7H2,1-3H3. The monoisotopic (exact) mass is 241 g/mol. The molecule has 3 atom stereocenters. The minimum atomic E-state index is 0.502. The first kappa shape index (κ1) is 11.9. The Morgan fingerprint density at radius 2 is 2.06 bits per heavy atom. The van der Waals surface area contributed by atoms with Gasteiger partial charge in [-0.2, -0.15) is 0 Å². The Bertz CT molecular complexity index is 361. The molecule has 3 unspecified atom stereocenters. The lowest BCUT2D eigenvalue weighted by molar-refractivity contribution is 0.324. The molecule has 90 valence electrons. The van der Waals surface area contributed by atoms with Crippen molar-refractivity contribution in [2.24, 2.45) is 11.8 Å². The van der Waals surface area contributed by atoms with E-state index in [9.17, 15) is 0 Å². The topological polar surface area (TPSA) is 30.7 Å². The average molecular weight is 242 g/mol. The summed E-state index contributed by atoms with van der Waals surface area (Å²) >= 11 is 6.15. The molecule has 0 aliphatic heterocycles. The fourth-order valence-electron chi connectivity index (χ4n) is 3.04. The van der Waals surface area contributed by atoms with Crippen molar-refractivity contribution in [1.82, 2.24) is 14.8 Å². The van der Waals surface area contributed by atoms with Crippen molar-refractivity contribution in [3.63, 3.8) is 0 Å². The highest BCUT2D eigenvalue weighted by Gasteiger charge is 2.34. The molecule has 0 aromatic carbocycles. The minimum Gasteiger partial charge on any atom is -0.298 e. The summed E-state index contributed by atoms with van der Waals surface area (Å²) in [4.78, 5) is 0. The molecule has 16 heavy (non-hydrogen) atoms. The van der Waals surface area contributed by atoms with Crippen LogP contribution in [0.5, 0.6) is 0 Å². The van der Waals surface area contributed by atoms with Crippen molar-refractivity contribution < 1.29 is 0 Å². The number of nitrogens with zero attached hydrogens (tertiary/aromatic N) is 3. The third kappa shape index (κ3) is 1.86. The predicted molar refractivity (Wildman–Crippen MR) is 65.6 cm³/mol. The fourth-order valence-corrected chi connectivity index (χ4v) is 3.30. The molecule has 1 aromatic heterocycles. The minimum absolute atomic E-state index is 0.502. The van der Waals surface area contributed by atoms with Crippen molar-refractivity contribution >= 4 is 11.6 Å². The Kier molecular flexibility index (Phi) is 3.53. The summed E-state index contributed by atoms with van der Waals surface area (Å²) in [6, 6.07) is 0.502. The second-order valence-electron chi connectivity index (χ2n) is 4.78. The van der Waals surface area contributed by atoms with Crippen LogP contribution in [0.1, 0.15) is 51.9 Å². The lowest BCUT2D eigenvalue weighted by Crippen LogP contribution is -2.17. The second-order valence-corrected chi connectivity index (χ2v) is 5.12. The molecule has 0 spiro atoms. The maximum Gasteiger partial charge on any atom is 0.225 e. The molecule has 0 bridgehead atoms. The first-order valence-electron chi connectivity index (χ1n) is 6.28. The van der Waals surface area contributed by atoms with Crippen LogP contribution in [0.25, 0.3) is 0 Å². The maximum atomic E-state index is 6.15. The number of aryl methyl sites for hydroxylation is 1. The van der Waals surface area contributed by atoms with Crippen molar-refractivity contribution in [1.29, 1.82) is 0 Å². The van der Waals surface area contributed by atoms with E-state index in [4.69, 9.17) is 11.6 Å². The number of aromatic nitrogens is 3. The lowest BCUT2D eigenvalue weighted by Gasteiger charge is -2.22. The lowest BCUT2D eigenvalue weighted by atomic mass is 9.93. The Hall–Kier alpha value is -0.570. The molecular formula is C12H20ClN3. The molecular weight excluding hydrogens is 222 g/mol. The zero-order valence-electron chi connectivity index (χ0n) is 10.3. The molecule has 1 fully saturated rings. The van der Waals surface area contributed by atoms with E-state index in [-0.39, 0.29) is 0 Å². The van der Waals surface area contributed by atoms with Crippen LogP contribution in [0, 0.1) is 11.8 Å². The van der Waals surface area contributed by atoms with E-state index in [1.807, 2.05) is 0 Å². The first-order chi connectivity index (χ1) is 7.69. The highest BCUT2D eigenvalue weighted by molar-refractivity contribution is 6.28. The predicted octanol–water partition coefficient (Wildman–Crippen LogP) is 3.49. The van der Waals surface area contributed by atoms with E-state index in [1.165, 1.54) is 19.3 Å². The third-order valence-corrected chi connectivity index (χ3v) is 4.34. The number of hydrogen-bond acceptors (Lipinski definition) is 2. The molecule has 1 heterocycles. The van der Waals surface area contributed by atoms with E-state index in [1.54, 1.807) is 0 Å². The van der Waals surface area contributed by atoms with Gasteiger partial charge in [-0.05, 0) is 36.3 Å². The van der Waals surface area contributed by atoms with E-state index in [0.29, 0.717) is 17.2 Å². The largest absolute Gasteiger partial charge is 0.298 e. The normalized spacial score (nSPS) is 29.9. The maximum absolute atomic E-state index is 6.15. The van der Waals surface area contributed by atoms with Crippen LogP contribution in [0.4, 0.5) is 0 Å². The SMILES string of the molecule is CCc1nnc(Cl)n1C1CCC(CC)C1C. The van der Waals surface area contributed by atoms with E-state index >= 15 is 0 Å². The molecule has 0 saturated heterocycles. The summed E-state index contributed by atoms with van der Waals surface area (Å²) in [6.45, 7) is 6.72. The van der Waals surface area contributed by atoms with Crippen LogP contribution in [0.3, 0.4) is 0 Å². The van der Waals surface area contributed by atoms with Crippen molar-refractivity contribution in [3.05, 3.63) is 11.1 Å². The molecule has 1 aliphatic rings. The van der Waals surface area contributed by atoms with Crippen LogP contribution < -0.4 is 0 Å². The molecule has 1 aromatic rings. The van der Waals surface area contributed by atoms with Gasteiger partial charge in [-0.1, -0.05) is 27.2 Å². The summed E-state index contributed by atoms with van der Waals surface area (Å²) in [5, 5.41) is 8.70. The highest BCUT2D eigenvalue weighted by atomic mass is 35.5. The van der Waals surface area contributed by atoms with Gasteiger partial charge in [0.1, 0.15) is 5.82 Å². The fraction of sp³-hybridized carbons (Fsp3) is 0.833. The summed E-state index contributed by atoms with van der Waals surface area (Å²) in [6.07, 6.45) is 4.68. The second kappa shape index (κ2) is 4.74. The van der Waals surface area contributed by atoms with E-state index in [0.717, 1.165) is 18.2 Å². The number of halogens is 1. The van der Waals surface area contributed by atoms with Crippen molar-refractivity contribution in [2.45, 2.75) is 52.5 Å². The first-order valence-corrected chi connectivity index (χ1v) is 6.66. The van der Waals surface area contributed by atoms with Crippen LogP contribution in [-0.4, -0.2) is 14.8 Å². The Balaban J connectivity index is 2.27. The van der Waals surface area contributed by atoms with Gasteiger partial charge >= 0.3 is 0 Å². The van der Waals surface area contributed by atoms with Gasteiger partial charge in [-0.15, -0.1) is 10.2 Å². The molecule has 1 aliphatic carbocycles. The van der Waals surface area contributed by atoms with Crippen LogP contribution in [0.2, 0.25) is 5.28 Å². The molecule has 4 heteroatoms. The molecule has 0 N–H and O–H groups in total. The summed E-state index contributed by atoms with van der Waals surface area (Å²) in [7, 11) is 0. The average Bonchev–Trinajstić information content (AvgIpc) is 2.81. The summed E-state index contributed by atoms with van der Waals surface area (Å²) in [5.74, 6) is 2.54. The van der Waals surface area contributed by atoms with E-state index in [2.05, 4.69) is 35.5 Å². The summed E-state index contributed by atoms with van der Waals surface area (Å²) < 4.78 is 2.15. The van der Waals surface area contributed by atoms with Gasteiger partial charge in [0.05, 0.1) is 0 Å². The number of hydrogen-bond donors (Lipinski definition) is 0. The van der Waals surface area contributed by atoms with E-state index < -0.39 is 0 Å². The van der Waals surface area contributed by atoms with Gasteiger partial charge in [0, 0.05) is 12.5 Å². The number of rotatable bonds is 3. The third-order valence-electron chi connectivity index (χ3n) is 4.08. The summed E-state index contributed by atoms with van der Waals surface area (Å²) in [5.41, 5.74) is 0. The van der Waals surface area contributed by atoms with Crippen LogP contribution >= 0.6 is 11.6 Å². The van der Waals surface area contributed by atoms with Crippen molar-refractivity contribution in [2.75, 3.05) is 0 Å². The molecule has 0 radical (unpaired) electrons. The molecule has 2 rings (SSSR count). The van der Waals surface area contributed by atoms with Gasteiger partial charge in [-0.25, -0.2) is 0 Å². The van der Waals surface area contributed by atoms with Crippen molar-refractivity contribution in [3.8, 4) is 0 Å². The Morgan fingerprint density at radius 1 is 1.31 bits per heavy atom. The zero-order chi connectivity index (χ0) is 11.7. The smallest absolute Gasteiger partial charge is 0.225 e. The Morgan fingerprint density at radius 3 is 2.62 bits per heavy atom. The van der Waals surface area contributed by atoms with Gasteiger partial charge in [0.25, 0.3) is 0 Å². The zero-order valence-corrected chi connectivity index (χ0v) is 11.0. The quantitative estimate of drug-likeness (QED) is 0.811.